The lowest BCUT2D eigenvalue weighted by Crippen LogP contribution is -2.27. The Morgan fingerprint density at radius 3 is 2.66 bits per heavy atom. The zero-order valence-electron chi connectivity index (χ0n) is 18.5. The molecule has 0 aliphatic rings. The number of nitrogens with zero attached hydrogens (tertiary/aromatic N) is 1. The van der Waals surface area contributed by atoms with Crippen molar-refractivity contribution in [1.29, 1.82) is 0 Å². The summed E-state index contributed by atoms with van der Waals surface area (Å²) in [5.74, 6) is 1.06. The molecule has 0 aliphatic heterocycles. The zero-order chi connectivity index (χ0) is 23.1. The van der Waals surface area contributed by atoms with E-state index in [2.05, 4.69) is 10.3 Å². The molecule has 32 heavy (non-hydrogen) atoms. The average molecular weight is 455 g/mol. The highest BCUT2D eigenvalue weighted by molar-refractivity contribution is 6.31. The highest BCUT2D eigenvalue weighted by Gasteiger charge is 2.14. The molecule has 1 amide bonds. The van der Waals surface area contributed by atoms with Crippen LogP contribution in [-0.2, 0) is 16.0 Å². The molecular formula is C25H27ClN2O4. The number of rotatable bonds is 10. The van der Waals surface area contributed by atoms with Crippen LogP contribution in [0.5, 0.6) is 11.5 Å². The molecule has 3 aromatic rings. The van der Waals surface area contributed by atoms with Crippen molar-refractivity contribution in [2.24, 2.45) is 0 Å². The number of amides is 1. The summed E-state index contributed by atoms with van der Waals surface area (Å²) >= 11 is 6.37. The molecular weight excluding hydrogens is 428 g/mol. The Kier molecular flexibility index (Phi) is 8.20. The summed E-state index contributed by atoms with van der Waals surface area (Å²) < 4.78 is 11.4. The minimum Gasteiger partial charge on any atom is -0.457 e. The van der Waals surface area contributed by atoms with Gasteiger partial charge in [0.05, 0.1) is 12.1 Å². The van der Waals surface area contributed by atoms with Gasteiger partial charge in [0.1, 0.15) is 17.3 Å². The van der Waals surface area contributed by atoms with E-state index in [1.165, 1.54) is 0 Å². The van der Waals surface area contributed by atoms with E-state index in [-0.39, 0.29) is 11.7 Å². The fraction of sp³-hybridized carbons (Fsp3) is 0.320. The third kappa shape index (κ3) is 5.84. The van der Waals surface area contributed by atoms with Crippen LogP contribution >= 0.6 is 11.6 Å². The number of hydrogen-bond donors (Lipinski definition) is 1. The second-order valence-corrected chi connectivity index (χ2v) is 7.78. The van der Waals surface area contributed by atoms with E-state index in [1.54, 1.807) is 36.5 Å². The predicted molar refractivity (Wildman–Crippen MR) is 126 cm³/mol. The van der Waals surface area contributed by atoms with Crippen LogP contribution in [0.2, 0.25) is 5.02 Å². The third-order valence-electron chi connectivity index (χ3n) is 5.06. The van der Waals surface area contributed by atoms with Crippen molar-refractivity contribution in [3.8, 4) is 11.5 Å². The van der Waals surface area contributed by atoms with Crippen LogP contribution in [0.3, 0.4) is 0 Å². The minimum atomic E-state index is -0.174. The van der Waals surface area contributed by atoms with E-state index in [9.17, 15) is 9.59 Å². The highest BCUT2D eigenvalue weighted by atomic mass is 35.5. The quantitative estimate of drug-likeness (QED) is 0.422. The van der Waals surface area contributed by atoms with Crippen LogP contribution < -0.4 is 10.1 Å². The summed E-state index contributed by atoms with van der Waals surface area (Å²) in [6.45, 7) is 7.13. The molecule has 0 unspecified atom stereocenters. The number of hydrogen-bond acceptors (Lipinski definition) is 5. The second-order valence-electron chi connectivity index (χ2n) is 7.37. The Morgan fingerprint density at radius 2 is 1.94 bits per heavy atom. The first-order valence-electron chi connectivity index (χ1n) is 10.7. The van der Waals surface area contributed by atoms with Gasteiger partial charge in [0.2, 0.25) is 0 Å². The van der Waals surface area contributed by atoms with Gasteiger partial charge in [-0.15, -0.1) is 0 Å². The van der Waals surface area contributed by atoms with Gasteiger partial charge < -0.3 is 14.8 Å². The van der Waals surface area contributed by atoms with E-state index in [0.717, 1.165) is 22.0 Å². The predicted octanol–water partition coefficient (Wildman–Crippen LogP) is 5.28. The Bertz CT molecular complexity index is 1130. The molecule has 0 saturated heterocycles. The van der Waals surface area contributed by atoms with Crippen LogP contribution in [0.4, 0.5) is 0 Å². The van der Waals surface area contributed by atoms with Gasteiger partial charge in [0.15, 0.2) is 0 Å². The first kappa shape index (κ1) is 23.7. The molecule has 1 heterocycles. The average Bonchev–Trinajstić information content (AvgIpc) is 2.78. The summed E-state index contributed by atoms with van der Waals surface area (Å²) in [4.78, 5) is 28.8. The van der Waals surface area contributed by atoms with Crippen LogP contribution in [0, 0.1) is 6.92 Å². The minimum absolute atomic E-state index is 0.128. The molecule has 0 atom stereocenters. The molecule has 1 N–H and O–H groups in total. The van der Waals surface area contributed by atoms with Gasteiger partial charge in [-0.05, 0) is 55.3 Å². The van der Waals surface area contributed by atoms with E-state index < -0.39 is 0 Å². The summed E-state index contributed by atoms with van der Waals surface area (Å²) in [5.41, 5.74) is 2.87. The van der Waals surface area contributed by atoms with Crippen LogP contribution in [-0.4, -0.2) is 36.4 Å². The Hall–Kier alpha value is -2.96. The standard InChI is InChI=1S/C25H27ClN2O4/c1-4-18(29)13-17-6-7-19(14-22(17)26)32-24-8-9-27-23-12-16(3)20(15-21(23)24)25(30)28-10-11-31-5-2/h6-9,12,14-15H,4-5,10-11,13H2,1-3H3,(H,28,30). The number of fused-ring (bicyclic) bond motifs is 1. The summed E-state index contributed by atoms with van der Waals surface area (Å²) in [6.07, 6.45) is 2.43. The van der Waals surface area contributed by atoms with E-state index in [4.69, 9.17) is 21.1 Å². The number of nitrogens with one attached hydrogen (secondary N) is 1. The van der Waals surface area contributed by atoms with Gasteiger partial charge in [-0.3, -0.25) is 14.6 Å². The van der Waals surface area contributed by atoms with E-state index >= 15 is 0 Å². The number of Topliss-reactive ketones (excluding diaryl/α,β-unsaturated/α-hetero) is 1. The summed E-state index contributed by atoms with van der Waals surface area (Å²) in [6, 6.07) is 10.7. The first-order valence-corrected chi connectivity index (χ1v) is 11.0. The topological polar surface area (TPSA) is 77.5 Å². The normalized spacial score (nSPS) is 10.9. The summed E-state index contributed by atoms with van der Waals surface area (Å²) in [7, 11) is 0. The molecule has 3 rings (SSSR count). The zero-order valence-corrected chi connectivity index (χ0v) is 19.3. The number of pyridine rings is 1. The number of carbonyl (C=O) groups excluding carboxylic acids is 2. The van der Waals surface area contributed by atoms with Gasteiger partial charge >= 0.3 is 0 Å². The Labute approximate surface area is 192 Å². The molecule has 0 aliphatic carbocycles. The number of benzene rings is 2. The molecule has 2 aromatic carbocycles. The van der Waals surface area contributed by atoms with Gasteiger partial charge in [-0.1, -0.05) is 24.6 Å². The van der Waals surface area contributed by atoms with Crippen molar-refractivity contribution in [3.63, 3.8) is 0 Å². The van der Waals surface area contributed by atoms with Gasteiger partial charge in [-0.25, -0.2) is 0 Å². The highest BCUT2D eigenvalue weighted by Crippen LogP contribution is 2.32. The maximum Gasteiger partial charge on any atom is 0.251 e. The number of ketones is 1. The third-order valence-corrected chi connectivity index (χ3v) is 5.41. The largest absolute Gasteiger partial charge is 0.457 e. The molecule has 7 heteroatoms. The first-order chi connectivity index (χ1) is 15.4. The van der Waals surface area contributed by atoms with Gasteiger partial charge in [0, 0.05) is 48.2 Å². The van der Waals surface area contributed by atoms with E-state index in [0.29, 0.717) is 54.7 Å². The summed E-state index contributed by atoms with van der Waals surface area (Å²) in [5, 5.41) is 4.07. The fourth-order valence-electron chi connectivity index (χ4n) is 3.28. The lowest BCUT2D eigenvalue weighted by atomic mass is 10.0. The SMILES string of the molecule is CCOCCNC(=O)c1cc2c(Oc3ccc(CC(=O)CC)c(Cl)c3)ccnc2cc1C. The van der Waals surface area contributed by atoms with E-state index in [1.807, 2.05) is 26.8 Å². The van der Waals surface area contributed by atoms with Crippen molar-refractivity contribution in [1.82, 2.24) is 10.3 Å². The molecule has 6 nitrogen and oxygen atoms in total. The van der Waals surface area contributed by atoms with Crippen molar-refractivity contribution in [2.75, 3.05) is 19.8 Å². The maximum atomic E-state index is 12.7. The number of carbonyl (C=O) groups is 2. The van der Waals surface area contributed by atoms with Crippen molar-refractivity contribution >= 4 is 34.2 Å². The number of ether oxygens (including phenoxy) is 2. The van der Waals surface area contributed by atoms with Crippen molar-refractivity contribution in [2.45, 2.75) is 33.6 Å². The van der Waals surface area contributed by atoms with Crippen molar-refractivity contribution < 1.29 is 19.1 Å². The van der Waals surface area contributed by atoms with Gasteiger partial charge in [-0.2, -0.15) is 0 Å². The molecule has 1 aromatic heterocycles. The van der Waals surface area contributed by atoms with Crippen LogP contribution in [0.1, 0.15) is 41.8 Å². The Balaban J connectivity index is 1.86. The van der Waals surface area contributed by atoms with Gasteiger partial charge in [0.25, 0.3) is 5.91 Å². The monoisotopic (exact) mass is 454 g/mol. The number of halogens is 1. The molecule has 0 fully saturated rings. The molecule has 0 bridgehead atoms. The Morgan fingerprint density at radius 1 is 1.12 bits per heavy atom. The fourth-order valence-corrected chi connectivity index (χ4v) is 3.52. The molecule has 0 radical (unpaired) electrons. The number of aryl methyl sites for hydroxylation is 1. The molecule has 0 spiro atoms. The smallest absolute Gasteiger partial charge is 0.251 e. The molecule has 168 valence electrons. The maximum absolute atomic E-state index is 12.7. The lowest BCUT2D eigenvalue weighted by Gasteiger charge is -2.13. The molecule has 0 saturated carbocycles. The van der Waals surface area contributed by atoms with Crippen LogP contribution in [0.25, 0.3) is 10.9 Å². The lowest BCUT2D eigenvalue weighted by molar-refractivity contribution is -0.118. The van der Waals surface area contributed by atoms with Crippen molar-refractivity contribution in [3.05, 3.63) is 64.3 Å². The number of aromatic nitrogens is 1. The second kappa shape index (κ2) is 11.1. The van der Waals surface area contributed by atoms with Crippen LogP contribution in [0.15, 0.2) is 42.6 Å².